The van der Waals surface area contributed by atoms with Gasteiger partial charge in [0.05, 0.1) is 0 Å². The van der Waals surface area contributed by atoms with Crippen molar-refractivity contribution < 1.29 is 0 Å². The molecule has 0 aliphatic heterocycles. The van der Waals surface area contributed by atoms with Crippen LogP contribution in [0, 0.1) is 0 Å². The second kappa shape index (κ2) is 10.3. The van der Waals surface area contributed by atoms with Gasteiger partial charge in [-0.3, -0.25) is 0 Å². The highest BCUT2D eigenvalue weighted by Gasteiger charge is 2.11. The van der Waals surface area contributed by atoms with Gasteiger partial charge < -0.3 is 17.2 Å². The summed E-state index contributed by atoms with van der Waals surface area (Å²) in [4.78, 5) is 0. The van der Waals surface area contributed by atoms with Crippen LogP contribution in [0.3, 0.4) is 0 Å². The summed E-state index contributed by atoms with van der Waals surface area (Å²) in [5, 5.41) is 3.23. The van der Waals surface area contributed by atoms with Gasteiger partial charge in [0.1, 0.15) is 0 Å². The molecular weight excluding hydrogens is 150 g/mol. The van der Waals surface area contributed by atoms with Crippen LogP contribution in [-0.4, -0.2) is 6.04 Å². The summed E-state index contributed by atoms with van der Waals surface area (Å²) in [6, 6.07) is 0.699. The van der Waals surface area contributed by atoms with Gasteiger partial charge >= 0.3 is 0 Å². The zero-order valence-electron chi connectivity index (χ0n) is 8.34. The first-order valence-corrected chi connectivity index (χ1v) is 4.56. The molecule has 1 fully saturated rings. The van der Waals surface area contributed by atoms with Crippen LogP contribution < -0.4 is 17.2 Å². The minimum absolute atomic E-state index is 0. The predicted molar refractivity (Wildman–Crippen MR) is 55.1 cm³/mol. The first-order chi connectivity index (χ1) is 5.43. The molecule has 0 unspecified atom stereocenters. The van der Waals surface area contributed by atoms with Gasteiger partial charge in [-0.15, -0.1) is 0 Å². The number of hydrogen-bond acceptors (Lipinski definition) is 3. The van der Waals surface area contributed by atoms with E-state index >= 15 is 0 Å². The fraction of sp³-hybridized carbons (Fsp3) is 0.778. The van der Waals surface area contributed by atoms with Crippen molar-refractivity contribution in [1.82, 2.24) is 11.5 Å². The first-order valence-electron chi connectivity index (χ1n) is 4.56. The van der Waals surface area contributed by atoms with E-state index in [9.17, 15) is 0 Å². The lowest BCUT2D eigenvalue weighted by atomic mass is 10.3. The molecule has 1 saturated carbocycles. The molecule has 0 atom stereocenters. The van der Waals surface area contributed by atoms with E-state index in [1.54, 1.807) is 6.20 Å². The third-order valence-corrected chi connectivity index (χ3v) is 1.78. The van der Waals surface area contributed by atoms with E-state index in [2.05, 4.69) is 5.32 Å². The maximum Gasteiger partial charge on any atom is 0.0256 e. The summed E-state index contributed by atoms with van der Waals surface area (Å²) in [5.41, 5.74) is 5.16. The lowest BCUT2D eigenvalue weighted by Crippen LogP contribution is -2.19. The van der Waals surface area contributed by atoms with E-state index in [1.165, 1.54) is 25.7 Å². The molecule has 3 heteroatoms. The average Bonchev–Trinajstić information content (AvgIpc) is 2.57. The Hall–Kier alpha value is -0.700. The molecule has 0 amide bonds. The molecule has 6 N–H and O–H groups in total. The van der Waals surface area contributed by atoms with E-state index in [-0.39, 0.29) is 6.15 Å². The molecule has 0 bridgehead atoms. The van der Waals surface area contributed by atoms with Crippen molar-refractivity contribution in [3.8, 4) is 0 Å². The largest absolute Gasteiger partial charge is 0.403 e. The van der Waals surface area contributed by atoms with Crippen LogP contribution in [0.4, 0.5) is 0 Å². The van der Waals surface area contributed by atoms with E-state index in [0.717, 1.165) is 0 Å². The highest BCUT2D eigenvalue weighted by molar-refractivity contribution is 4.81. The highest BCUT2D eigenvalue weighted by atomic mass is 14.9. The maximum atomic E-state index is 5.16. The topological polar surface area (TPSA) is 73.0 Å². The Morgan fingerprint density at radius 2 is 1.75 bits per heavy atom. The number of nitrogens with one attached hydrogen (secondary N) is 1. The Kier molecular flexibility index (Phi) is 11.9. The molecular formula is C9H23N3. The zero-order valence-corrected chi connectivity index (χ0v) is 8.34. The van der Waals surface area contributed by atoms with Crippen molar-refractivity contribution in [2.45, 2.75) is 45.6 Å². The SMILES string of the molecule is CC.N.N/C=C\NC1CCCC1. The summed E-state index contributed by atoms with van der Waals surface area (Å²) < 4.78 is 0. The van der Waals surface area contributed by atoms with Crippen molar-refractivity contribution >= 4 is 0 Å². The van der Waals surface area contributed by atoms with E-state index < -0.39 is 0 Å². The smallest absolute Gasteiger partial charge is 0.0256 e. The molecule has 0 aromatic heterocycles. The van der Waals surface area contributed by atoms with Crippen molar-refractivity contribution in [2.24, 2.45) is 5.73 Å². The van der Waals surface area contributed by atoms with Crippen molar-refractivity contribution in [1.29, 1.82) is 0 Å². The predicted octanol–water partition coefficient (Wildman–Crippen LogP) is 2.14. The van der Waals surface area contributed by atoms with Gasteiger partial charge in [-0.1, -0.05) is 26.7 Å². The zero-order chi connectivity index (χ0) is 8.53. The quantitative estimate of drug-likeness (QED) is 0.599. The lowest BCUT2D eigenvalue weighted by Gasteiger charge is -2.06. The second-order valence-electron chi connectivity index (χ2n) is 2.51. The van der Waals surface area contributed by atoms with Gasteiger partial charge in [0.25, 0.3) is 0 Å². The lowest BCUT2D eigenvalue weighted by molar-refractivity contribution is 0.607. The standard InChI is InChI=1S/C7H14N2.C2H6.H3N/c8-5-6-9-7-3-1-2-4-7;1-2;/h5-7,9H,1-4,8H2;1-2H3;1H3/b6-5-;;. The van der Waals surface area contributed by atoms with Crippen molar-refractivity contribution in [2.75, 3.05) is 0 Å². The summed E-state index contributed by atoms with van der Waals surface area (Å²) in [7, 11) is 0. The maximum absolute atomic E-state index is 5.16. The number of hydrogen-bond donors (Lipinski definition) is 3. The van der Waals surface area contributed by atoms with E-state index in [4.69, 9.17) is 5.73 Å². The molecule has 12 heavy (non-hydrogen) atoms. The summed E-state index contributed by atoms with van der Waals surface area (Å²) in [5.74, 6) is 0. The minimum atomic E-state index is 0. The summed E-state index contributed by atoms with van der Waals surface area (Å²) in [6.07, 6.45) is 8.75. The van der Waals surface area contributed by atoms with Gasteiger partial charge in [-0.25, -0.2) is 0 Å². The molecule has 0 saturated heterocycles. The fourth-order valence-electron chi connectivity index (χ4n) is 1.28. The third-order valence-electron chi connectivity index (χ3n) is 1.78. The van der Waals surface area contributed by atoms with Crippen LogP contribution in [0.5, 0.6) is 0 Å². The molecule has 0 aromatic carbocycles. The molecule has 0 heterocycles. The van der Waals surface area contributed by atoms with Gasteiger partial charge in [-0.2, -0.15) is 0 Å². The van der Waals surface area contributed by atoms with Gasteiger partial charge in [0.15, 0.2) is 0 Å². The molecule has 0 aromatic rings. The van der Waals surface area contributed by atoms with Crippen molar-refractivity contribution in [3.63, 3.8) is 0 Å². The Morgan fingerprint density at radius 3 is 2.17 bits per heavy atom. The molecule has 3 nitrogen and oxygen atoms in total. The Morgan fingerprint density at radius 1 is 1.25 bits per heavy atom. The molecule has 1 rings (SSSR count). The molecule has 1 aliphatic rings. The minimum Gasteiger partial charge on any atom is -0.403 e. The summed E-state index contributed by atoms with van der Waals surface area (Å²) >= 11 is 0. The van der Waals surface area contributed by atoms with Crippen LogP contribution in [0.15, 0.2) is 12.4 Å². The van der Waals surface area contributed by atoms with Gasteiger partial charge in [0, 0.05) is 18.4 Å². The normalized spacial score (nSPS) is 16.5. The van der Waals surface area contributed by atoms with Crippen LogP contribution in [0.2, 0.25) is 0 Å². The van der Waals surface area contributed by atoms with Crippen LogP contribution in [0.25, 0.3) is 0 Å². The fourth-order valence-corrected chi connectivity index (χ4v) is 1.28. The van der Waals surface area contributed by atoms with Crippen LogP contribution in [-0.2, 0) is 0 Å². The number of rotatable bonds is 2. The summed E-state index contributed by atoms with van der Waals surface area (Å²) in [6.45, 7) is 4.00. The molecule has 0 radical (unpaired) electrons. The van der Waals surface area contributed by atoms with E-state index in [0.29, 0.717) is 6.04 Å². The number of nitrogens with two attached hydrogens (primary N) is 1. The molecule has 0 spiro atoms. The Balaban J connectivity index is 0. The third kappa shape index (κ3) is 6.04. The monoisotopic (exact) mass is 173 g/mol. The van der Waals surface area contributed by atoms with Crippen LogP contribution >= 0.6 is 0 Å². The van der Waals surface area contributed by atoms with E-state index in [1.807, 2.05) is 20.0 Å². The van der Waals surface area contributed by atoms with Gasteiger partial charge in [-0.05, 0) is 12.8 Å². The average molecular weight is 173 g/mol. The first kappa shape index (κ1) is 13.9. The molecule has 74 valence electrons. The van der Waals surface area contributed by atoms with Crippen LogP contribution in [0.1, 0.15) is 39.5 Å². The highest BCUT2D eigenvalue weighted by Crippen LogP contribution is 2.17. The molecule has 1 aliphatic carbocycles. The van der Waals surface area contributed by atoms with Gasteiger partial charge in [0.2, 0.25) is 0 Å². The second-order valence-corrected chi connectivity index (χ2v) is 2.51. The Bertz CT molecular complexity index is 95.9. The Labute approximate surface area is 76.0 Å². The van der Waals surface area contributed by atoms with Crippen molar-refractivity contribution in [3.05, 3.63) is 12.4 Å².